The smallest absolute Gasteiger partial charge is 0.214 e. The highest BCUT2D eigenvalue weighted by Crippen LogP contribution is 2.38. The molecule has 3 rings (SSSR count). The van der Waals surface area contributed by atoms with Gasteiger partial charge >= 0.3 is 0 Å². The SMILES string of the molecule is C[C@H]1CN2CCC[C@@H]2CN1S(=O)(=O)CC1(C)CCCCC1. The summed E-state index contributed by atoms with van der Waals surface area (Å²) < 4.78 is 27.8. The van der Waals surface area contributed by atoms with E-state index in [4.69, 9.17) is 0 Å². The first kappa shape index (κ1) is 15.8. The molecule has 2 aliphatic heterocycles. The van der Waals surface area contributed by atoms with E-state index in [1.54, 1.807) is 0 Å². The van der Waals surface area contributed by atoms with Crippen molar-refractivity contribution in [2.45, 2.75) is 70.9 Å². The minimum absolute atomic E-state index is 0.00358. The zero-order valence-corrected chi connectivity index (χ0v) is 14.4. The second-order valence-electron chi connectivity index (χ2n) is 7.84. The molecule has 0 unspecified atom stereocenters. The molecule has 0 amide bonds. The number of fused-ring (bicyclic) bond motifs is 1. The lowest BCUT2D eigenvalue weighted by atomic mass is 9.77. The van der Waals surface area contributed by atoms with Crippen LogP contribution < -0.4 is 0 Å². The predicted octanol–water partition coefficient (Wildman–Crippen LogP) is 2.46. The second-order valence-corrected chi connectivity index (χ2v) is 9.76. The molecule has 0 spiro atoms. The Hall–Kier alpha value is -0.130. The van der Waals surface area contributed by atoms with Crippen LogP contribution in [0, 0.1) is 5.41 Å². The van der Waals surface area contributed by atoms with Crippen LogP contribution in [-0.4, -0.2) is 55.1 Å². The highest BCUT2D eigenvalue weighted by atomic mass is 32.2. The molecule has 2 atom stereocenters. The maximum Gasteiger partial charge on any atom is 0.214 e. The monoisotopic (exact) mass is 314 g/mol. The van der Waals surface area contributed by atoms with Gasteiger partial charge in [0.05, 0.1) is 5.75 Å². The summed E-state index contributed by atoms with van der Waals surface area (Å²) >= 11 is 0. The molecule has 0 N–H and O–H groups in total. The Morgan fingerprint density at radius 3 is 2.52 bits per heavy atom. The van der Waals surface area contributed by atoms with Gasteiger partial charge in [-0.3, -0.25) is 4.90 Å². The summed E-state index contributed by atoms with van der Waals surface area (Å²) in [7, 11) is -3.12. The molecule has 2 saturated heterocycles. The molecule has 1 aliphatic carbocycles. The molecule has 1 saturated carbocycles. The fourth-order valence-electron chi connectivity index (χ4n) is 4.62. The Kier molecular flexibility index (Phi) is 4.37. The van der Waals surface area contributed by atoms with Gasteiger partial charge in [-0.05, 0) is 44.6 Å². The van der Waals surface area contributed by atoms with Crippen LogP contribution in [-0.2, 0) is 10.0 Å². The minimum Gasteiger partial charge on any atom is -0.297 e. The second kappa shape index (κ2) is 5.82. The van der Waals surface area contributed by atoms with E-state index < -0.39 is 10.0 Å². The zero-order valence-electron chi connectivity index (χ0n) is 13.6. The Bertz CT molecular complexity index is 471. The average Bonchev–Trinajstić information content (AvgIpc) is 2.84. The van der Waals surface area contributed by atoms with Crippen molar-refractivity contribution in [2.75, 3.05) is 25.4 Å². The number of piperazine rings is 1. The van der Waals surface area contributed by atoms with Crippen LogP contribution in [0.5, 0.6) is 0 Å². The first-order valence-electron chi connectivity index (χ1n) is 8.63. The molecule has 4 nitrogen and oxygen atoms in total. The van der Waals surface area contributed by atoms with Gasteiger partial charge in [0.25, 0.3) is 0 Å². The number of hydrogen-bond donors (Lipinski definition) is 0. The maximum atomic E-state index is 13.0. The first-order valence-corrected chi connectivity index (χ1v) is 10.2. The molecule has 3 aliphatic rings. The van der Waals surface area contributed by atoms with Crippen LogP contribution in [0.15, 0.2) is 0 Å². The molecular weight excluding hydrogens is 284 g/mol. The van der Waals surface area contributed by atoms with Crippen LogP contribution in [0.4, 0.5) is 0 Å². The third-order valence-corrected chi connectivity index (χ3v) is 8.11. The highest BCUT2D eigenvalue weighted by molar-refractivity contribution is 7.89. The van der Waals surface area contributed by atoms with E-state index in [2.05, 4.69) is 18.7 Å². The van der Waals surface area contributed by atoms with Gasteiger partial charge in [-0.25, -0.2) is 8.42 Å². The van der Waals surface area contributed by atoms with Gasteiger partial charge in [0.15, 0.2) is 0 Å². The van der Waals surface area contributed by atoms with Gasteiger partial charge < -0.3 is 0 Å². The Morgan fingerprint density at radius 1 is 1.10 bits per heavy atom. The van der Waals surface area contributed by atoms with E-state index in [1.807, 2.05) is 4.31 Å². The predicted molar refractivity (Wildman–Crippen MR) is 85.7 cm³/mol. The number of rotatable bonds is 3. The number of hydrogen-bond acceptors (Lipinski definition) is 3. The molecule has 2 heterocycles. The van der Waals surface area contributed by atoms with E-state index in [0.717, 1.165) is 38.9 Å². The molecule has 3 fully saturated rings. The lowest BCUT2D eigenvalue weighted by Gasteiger charge is -2.43. The molecule has 0 radical (unpaired) electrons. The van der Waals surface area contributed by atoms with Crippen LogP contribution in [0.25, 0.3) is 0 Å². The van der Waals surface area contributed by atoms with Crippen molar-refractivity contribution in [1.29, 1.82) is 0 Å². The molecule has 0 bridgehead atoms. The summed E-state index contributed by atoms with van der Waals surface area (Å²) in [6.07, 6.45) is 8.19. The largest absolute Gasteiger partial charge is 0.297 e. The first-order chi connectivity index (χ1) is 9.90. The topological polar surface area (TPSA) is 40.6 Å². The maximum absolute atomic E-state index is 13.0. The Balaban J connectivity index is 1.71. The minimum atomic E-state index is -3.12. The number of sulfonamides is 1. The van der Waals surface area contributed by atoms with Crippen molar-refractivity contribution >= 4 is 10.0 Å². The van der Waals surface area contributed by atoms with E-state index in [9.17, 15) is 8.42 Å². The molecule has 0 aromatic carbocycles. The molecule has 0 aromatic rings. The average molecular weight is 314 g/mol. The van der Waals surface area contributed by atoms with Crippen molar-refractivity contribution in [1.82, 2.24) is 9.21 Å². The third kappa shape index (κ3) is 3.30. The highest BCUT2D eigenvalue weighted by Gasteiger charge is 2.42. The van der Waals surface area contributed by atoms with E-state index in [-0.39, 0.29) is 11.5 Å². The van der Waals surface area contributed by atoms with Crippen molar-refractivity contribution in [3.63, 3.8) is 0 Å². The van der Waals surface area contributed by atoms with Crippen molar-refractivity contribution < 1.29 is 8.42 Å². The fraction of sp³-hybridized carbons (Fsp3) is 1.00. The van der Waals surface area contributed by atoms with Crippen molar-refractivity contribution in [3.8, 4) is 0 Å². The molecule has 0 aromatic heterocycles. The summed E-state index contributed by atoms with van der Waals surface area (Å²) in [5, 5.41) is 0. The van der Waals surface area contributed by atoms with Gasteiger partial charge in [-0.2, -0.15) is 4.31 Å². The fourth-order valence-corrected chi connectivity index (χ4v) is 6.97. The van der Waals surface area contributed by atoms with Crippen molar-refractivity contribution in [2.24, 2.45) is 5.41 Å². The van der Waals surface area contributed by atoms with Crippen LogP contribution in [0.1, 0.15) is 58.8 Å². The third-order valence-electron chi connectivity index (χ3n) is 5.83. The summed E-state index contributed by atoms with van der Waals surface area (Å²) in [6, 6.07) is 0.603. The summed E-state index contributed by atoms with van der Waals surface area (Å²) in [6.45, 7) is 7.05. The van der Waals surface area contributed by atoms with Crippen LogP contribution in [0.2, 0.25) is 0 Å². The normalized spacial score (nSPS) is 34.8. The van der Waals surface area contributed by atoms with Gasteiger partial charge in [0, 0.05) is 25.2 Å². The molecular formula is C16H30N2O2S. The van der Waals surface area contributed by atoms with Crippen LogP contribution >= 0.6 is 0 Å². The molecule has 122 valence electrons. The Morgan fingerprint density at radius 2 is 1.81 bits per heavy atom. The Labute approximate surface area is 129 Å². The van der Waals surface area contributed by atoms with E-state index in [0.29, 0.717) is 11.8 Å². The zero-order chi connectivity index (χ0) is 15.1. The lowest BCUT2D eigenvalue weighted by Crippen LogP contribution is -2.57. The van der Waals surface area contributed by atoms with Gasteiger partial charge in [0.1, 0.15) is 0 Å². The van der Waals surface area contributed by atoms with E-state index in [1.165, 1.54) is 25.7 Å². The standard InChI is InChI=1S/C16H30N2O2S/c1-14-11-17-10-6-7-15(17)12-18(14)21(19,20)13-16(2)8-4-3-5-9-16/h14-15H,3-13H2,1-2H3/t14-,15+/m0/s1. The summed E-state index contributed by atoms with van der Waals surface area (Å²) in [4.78, 5) is 2.49. The summed E-state index contributed by atoms with van der Waals surface area (Å²) in [5.41, 5.74) is 0.00358. The van der Waals surface area contributed by atoms with Gasteiger partial charge in [-0.15, -0.1) is 0 Å². The van der Waals surface area contributed by atoms with E-state index >= 15 is 0 Å². The van der Waals surface area contributed by atoms with Gasteiger partial charge in [-0.1, -0.05) is 26.2 Å². The van der Waals surface area contributed by atoms with Crippen LogP contribution in [0.3, 0.4) is 0 Å². The molecule has 5 heteroatoms. The van der Waals surface area contributed by atoms with Crippen molar-refractivity contribution in [3.05, 3.63) is 0 Å². The number of nitrogens with zero attached hydrogens (tertiary/aromatic N) is 2. The summed E-state index contributed by atoms with van der Waals surface area (Å²) in [5.74, 6) is 0.358. The molecule has 21 heavy (non-hydrogen) atoms. The quantitative estimate of drug-likeness (QED) is 0.803. The lowest BCUT2D eigenvalue weighted by molar-refractivity contribution is 0.115. The van der Waals surface area contributed by atoms with Gasteiger partial charge in [0.2, 0.25) is 10.0 Å².